The summed E-state index contributed by atoms with van der Waals surface area (Å²) in [6.45, 7) is 0.188. The molecule has 0 unspecified atom stereocenters. The molecule has 2 N–H and O–H groups in total. The molecule has 1 heterocycles. The minimum absolute atomic E-state index is 0.188. The van der Waals surface area contributed by atoms with Crippen molar-refractivity contribution in [2.24, 2.45) is 0 Å². The highest BCUT2D eigenvalue weighted by molar-refractivity contribution is 7.94. The molecule has 3 rings (SSSR count). The number of H-pyrrole nitrogens is 1. The lowest BCUT2D eigenvalue weighted by Crippen LogP contribution is -2.33. The van der Waals surface area contributed by atoms with Gasteiger partial charge in [-0.25, -0.2) is 8.42 Å². The van der Waals surface area contributed by atoms with Crippen molar-refractivity contribution in [2.75, 3.05) is 18.4 Å². The van der Waals surface area contributed by atoms with Gasteiger partial charge in [-0.3, -0.25) is 9.82 Å². The summed E-state index contributed by atoms with van der Waals surface area (Å²) >= 11 is 6.22. The van der Waals surface area contributed by atoms with Crippen LogP contribution in [-0.2, 0) is 14.8 Å². The smallest absolute Gasteiger partial charge is 0.240 e. The molecule has 1 aromatic heterocycles. The molecule has 0 aliphatic heterocycles. The Morgan fingerprint density at radius 2 is 2.25 bits per heavy atom. The zero-order chi connectivity index (χ0) is 14.4. The number of nitrogens with one attached hydrogen (secondary N) is 2. The van der Waals surface area contributed by atoms with E-state index < -0.39 is 14.8 Å². The van der Waals surface area contributed by atoms with Crippen molar-refractivity contribution in [3.63, 3.8) is 0 Å². The summed E-state index contributed by atoms with van der Waals surface area (Å²) in [7, 11) is -2.03. The maximum atomic E-state index is 12.4. The van der Waals surface area contributed by atoms with E-state index in [1.165, 1.54) is 7.11 Å². The quantitative estimate of drug-likeness (QED) is 0.885. The van der Waals surface area contributed by atoms with Gasteiger partial charge >= 0.3 is 0 Å². The highest BCUT2D eigenvalue weighted by atomic mass is 35.5. The summed E-state index contributed by atoms with van der Waals surface area (Å²) in [5, 5.41) is 7.69. The van der Waals surface area contributed by atoms with E-state index >= 15 is 0 Å². The van der Waals surface area contributed by atoms with Gasteiger partial charge in [0.05, 0.1) is 29.0 Å². The van der Waals surface area contributed by atoms with Crippen LogP contribution < -0.4 is 4.72 Å². The summed E-state index contributed by atoms with van der Waals surface area (Å²) < 4.78 is 31.6. The van der Waals surface area contributed by atoms with Crippen molar-refractivity contribution in [3.8, 4) is 0 Å². The Balaban J connectivity index is 1.95. The van der Waals surface area contributed by atoms with Crippen molar-refractivity contribution in [2.45, 2.75) is 17.6 Å². The third-order valence-electron chi connectivity index (χ3n) is 3.59. The van der Waals surface area contributed by atoms with Gasteiger partial charge in [0.2, 0.25) is 10.0 Å². The number of anilines is 1. The number of aromatic amines is 1. The van der Waals surface area contributed by atoms with Crippen LogP contribution in [0.2, 0.25) is 5.02 Å². The average Bonchev–Trinajstić information content (AvgIpc) is 3.03. The van der Waals surface area contributed by atoms with Gasteiger partial charge in [0.15, 0.2) is 0 Å². The molecule has 1 aromatic carbocycles. The Hall–Kier alpha value is -1.31. The first-order chi connectivity index (χ1) is 9.49. The number of nitrogens with zero attached hydrogens (tertiary/aromatic N) is 1. The van der Waals surface area contributed by atoms with E-state index in [4.69, 9.17) is 16.3 Å². The van der Waals surface area contributed by atoms with Crippen LogP contribution in [0.15, 0.2) is 18.3 Å². The molecule has 1 aliphatic rings. The molecule has 0 atom stereocenters. The topological polar surface area (TPSA) is 84.1 Å². The molecular formula is C12H14ClN3O3S. The van der Waals surface area contributed by atoms with Crippen molar-refractivity contribution in [1.82, 2.24) is 10.2 Å². The molecule has 0 spiro atoms. The molecule has 20 heavy (non-hydrogen) atoms. The number of methoxy groups -OCH3 is 1. The van der Waals surface area contributed by atoms with Crippen LogP contribution in [0.4, 0.5) is 5.69 Å². The molecule has 0 amide bonds. The molecular weight excluding hydrogens is 302 g/mol. The molecule has 0 saturated heterocycles. The second-order valence-corrected chi connectivity index (χ2v) is 7.43. The summed E-state index contributed by atoms with van der Waals surface area (Å²) in [5.74, 6) is 0. The third-order valence-corrected chi connectivity index (χ3v) is 6.15. The van der Waals surface area contributed by atoms with Gasteiger partial charge in [-0.05, 0) is 25.0 Å². The SMILES string of the molecule is COCC1(S(=O)(=O)Nc2ccc3[nH]ncc3c2Cl)CC1. The minimum atomic E-state index is -3.53. The molecule has 0 bridgehead atoms. The Morgan fingerprint density at radius 3 is 2.90 bits per heavy atom. The van der Waals surface area contributed by atoms with E-state index in [1.807, 2.05) is 0 Å². The second kappa shape index (κ2) is 4.61. The van der Waals surface area contributed by atoms with Crippen LogP contribution in [0, 0.1) is 0 Å². The fraction of sp³-hybridized carbons (Fsp3) is 0.417. The third kappa shape index (κ3) is 2.06. The van der Waals surface area contributed by atoms with Crippen LogP contribution in [0.3, 0.4) is 0 Å². The van der Waals surface area contributed by atoms with Crippen molar-refractivity contribution < 1.29 is 13.2 Å². The Kier molecular flexibility index (Phi) is 3.15. The van der Waals surface area contributed by atoms with Crippen molar-refractivity contribution in [1.29, 1.82) is 0 Å². The van der Waals surface area contributed by atoms with Gasteiger partial charge in [-0.2, -0.15) is 5.10 Å². The zero-order valence-corrected chi connectivity index (χ0v) is 12.4. The van der Waals surface area contributed by atoms with Crippen LogP contribution in [0.25, 0.3) is 10.9 Å². The van der Waals surface area contributed by atoms with Gasteiger partial charge in [0, 0.05) is 12.5 Å². The number of sulfonamides is 1. The molecule has 1 saturated carbocycles. The van der Waals surface area contributed by atoms with E-state index in [0.717, 1.165) is 5.52 Å². The number of aromatic nitrogens is 2. The fourth-order valence-corrected chi connectivity index (χ4v) is 4.11. The van der Waals surface area contributed by atoms with E-state index in [-0.39, 0.29) is 6.61 Å². The number of benzene rings is 1. The summed E-state index contributed by atoms with van der Waals surface area (Å²) in [6, 6.07) is 3.37. The monoisotopic (exact) mass is 315 g/mol. The maximum absolute atomic E-state index is 12.4. The first-order valence-electron chi connectivity index (χ1n) is 6.12. The van der Waals surface area contributed by atoms with E-state index in [9.17, 15) is 8.42 Å². The molecule has 1 aliphatic carbocycles. The highest BCUT2D eigenvalue weighted by Crippen LogP contribution is 2.45. The number of halogens is 1. The number of hydrogen-bond acceptors (Lipinski definition) is 4. The molecule has 2 aromatic rings. The van der Waals surface area contributed by atoms with Crippen LogP contribution >= 0.6 is 11.6 Å². The van der Waals surface area contributed by atoms with Gasteiger partial charge in [0.1, 0.15) is 4.75 Å². The lowest BCUT2D eigenvalue weighted by Gasteiger charge is -2.17. The summed E-state index contributed by atoms with van der Waals surface area (Å²) in [4.78, 5) is 0. The predicted octanol–water partition coefficient (Wildman–Crippen LogP) is 2.14. The minimum Gasteiger partial charge on any atom is -0.383 e. The van der Waals surface area contributed by atoms with E-state index in [0.29, 0.717) is 28.9 Å². The molecule has 6 nitrogen and oxygen atoms in total. The van der Waals surface area contributed by atoms with Crippen molar-refractivity contribution in [3.05, 3.63) is 23.4 Å². The van der Waals surface area contributed by atoms with Gasteiger partial charge in [-0.1, -0.05) is 11.6 Å². The normalized spacial score (nSPS) is 17.3. The first kappa shape index (κ1) is 13.7. The van der Waals surface area contributed by atoms with E-state index in [1.54, 1.807) is 18.3 Å². The lowest BCUT2D eigenvalue weighted by atomic mass is 10.2. The average molecular weight is 316 g/mol. The van der Waals surface area contributed by atoms with Crippen LogP contribution in [-0.4, -0.2) is 37.1 Å². The second-order valence-electron chi connectivity index (χ2n) is 4.98. The molecule has 1 fully saturated rings. The van der Waals surface area contributed by atoms with Gasteiger partial charge in [0.25, 0.3) is 0 Å². The Bertz CT molecular complexity index is 752. The van der Waals surface area contributed by atoms with Crippen molar-refractivity contribution >= 4 is 38.2 Å². The number of fused-ring (bicyclic) bond motifs is 1. The maximum Gasteiger partial charge on any atom is 0.240 e. The Labute approximate surface area is 121 Å². The lowest BCUT2D eigenvalue weighted by molar-refractivity contribution is 0.192. The largest absolute Gasteiger partial charge is 0.383 e. The van der Waals surface area contributed by atoms with Gasteiger partial charge < -0.3 is 4.74 Å². The predicted molar refractivity (Wildman–Crippen MR) is 77.5 cm³/mol. The van der Waals surface area contributed by atoms with E-state index in [2.05, 4.69) is 14.9 Å². The summed E-state index contributed by atoms with van der Waals surface area (Å²) in [6.07, 6.45) is 2.76. The molecule has 8 heteroatoms. The first-order valence-corrected chi connectivity index (χ1v) is 7.98. The molecule has 0 radical (unpaired) electrons. The van der Waals surface area contributed by atoms with Gasteiger partial charge in [-0.15, -0.1) is 0 Å². The summed E-state index contributed by atoms with van der Waals surface area (Å²) in [5.41, 5.74) is 1.12. The van der Waals surface area contributed by atoms with Crippen LogP contribution in [0.5, 0.6) is 0 Å². The standard InChI is InChI=1S/C12H14ClN3O3S/c1-19-7-12(4-5-12)20(17,18)16-10-3-2-9-8(11(10)13)6-14-15-9/h2-3,6,16H,4-5,7H2,1H3,(H,14,15). The molecule has 108 valence electrons. The number of ether oxygens (including phenoxy) is 1. The number of hydrogen-bond donors (Lipinski definition) is 2. The number of rotatable bonds is 5. The fourth-order valence-electron chi connectivity index (χ4n) is 2.21. The highest BCUT2D eigenvalue weighted by Gasteiger charge is 2.55. The zero-order valence-electron chi connectivity index (χ0n) is 10.8. The Morgan fingerprint density at radius 1 is 1.50 bits per heavy atom. The van der Waals surface area contributed by atoms with Crippen LogP contribution in [0.1, 0.15) is 12.8 Å².